The van der Waals surface area contributed by atoms with Crippen LogP contribution in [0.5, 0.6) is 5.75 Å². The van der Waals surface area contributed by atoms with Crippen molar-refractivity contribution in [3.8, 4) is 5.75 Å². The average molecular weight is 307 g/mol. The minimum absolute atomic E-state index is 0.0432. The number of rotatable bonds is 5. The van der Waals surface area contributed by atoms with Gasteiger partial charge in [-0.05, 0) is 17.1 Å². The summed E-state index contributed by atoms with van der Waals surface area (Å²) in [5, 5.41) is 0. The molecule has 20 heavy (non-hydrogen) atoms. The molecule has 1 rings (SSSR count). The zero-order valence-electron chi connectivity index (χ0n) is 12.3. The van der Waals surface area contributed by atoms with Crippen molar-refractivity contribution in [2.75, 3.05) is 0 Å². The van der Waals surface area contributed by atoms with Gasteiger partial charge in [-0.15, -0.1) is 0 Å². The summed E-state index contributed by atoms with van der Waals surface area (Å²) >= 11 is 0. The van der Waals surface area contributed by atoms with Crippen molar-refractivity contribution in [2.45, 2.75) is 51.7 Å². The molecule has 0 N–H and O–H groups in total. The van der Waals surface area contributed by atoms with Crippen LogP contribution in [0, 0.1) is 29.3 Å². The third-order valence-electron chi connectivity index (χ3n) is 3.80. The molecule has 1 aromatic rings. The van der Waals surface area contributed by atoms with E-state index in [1.54, 1.807) is 0 Å². The van der Waals surface area contributed by atoms with Gasteiger partial charge in [0.1, 0.15) is 0 Å². The predicted molar refractivity (Wildman–Crippen MR) is 72.2 cm³/mol. The molecule has 0 aromatic heterocycles. The molecule has 0 bridgehead atoms. The minimum atomic E-state index is -2.60. The van der Waals surface area contributed by atoms with Crippen molar-refractivity contribution in [1.82, 2.24) is 0 Å². The third-order valence-corrected chi connectivity index (χ3v) is 9.40. The van der Waals surface area contributed by atoms with Crippen LogP contribution in [-0.4, -0.2) is 8.32 Å². The van der Waals surface area contributed by atoms with Crippen LogP contribution in [0.25, 0.3) is 0 Å². The largest absolute Gasteiger partial charge is 0.539 e. The Bertz CT molecular complexity index is 454. The second kappa shape index (κ2) is 6.16. The van der Waals surface area contributed by atoms with Gasteiger partial charge in [-0.2, -0.15) is 8.78 Å². The maximum absolute atomic E-state index is 13.7. The average Bonchev–Trinajstić information content (AvgIpc) is 2.36. The molecule has 113 valence electrons. The molecule has 0 unspecified atom stereocenters. The highest BCUT2D eigenvalue weighted by molar-refractivity contribution is 6.77. The first-order chi connectivity index (χ1) is 9.17. The van der Waals surface area contributed by atoms with Crippen LogP contribution in [-0.2, 0) is 0 Å². The van der Waals surface area contributed by atoms with Gasteiger partial charge in [0.05, 0.1) is 6.07 Å². The Balaban J connectivity index is 3.39. The van der Waals surface area contributed by atoms with Crippen molar-refractivity contribution in [3.05, 3.63) is 29.3 Å². The summed E-state index contributed by atoms with van der Waals surface area (Å²) < 4.78 is 59.4. The topological polar surface area (TPSA) is 9.23 Å². The summed E-state index contributed by atoms with van der Waals surface area (Å²) in [4.78, 5) is 0. The van der Waals surface area contributed by atoms with Crippen LogP contribution in [0.3, 0.4) is 0 Å². The molecule has 0 spiro atoms. The van der Waals surface area contributed by atoms with E-state index in [2.05, 4.69) is 0 Å². The fourth-order valence-corrected chi connectivity index (χ4v) is 6.71. The molecule has 0 heterocycles. The molecule has 1 radical (unpaired) electrons. The van der Waals surface area contributed by atoms with Crippen LogP contribution < -0.4 is 4.43 Å². The summed E-state index contributed by atoms with van der Waals surface area (Å²) in [5.41, 5.74) is 0.0863. The second-order valence-electron chi connectivity index (χ2n) is 5.43. The van der Waals surface area contributed by atoms with Gasteiger partial charge in [-0.3, -0.25) is 0 Å². The lowest BCUT2D eigenvalue weighted by atomic mass is 10.3. The Kier molecular flexibility index (Phi) is 5.24. The van der Waals surface area contributed by atoms with Gasteiger partial charge in [-0.25, -0.2) is 8.78 Å². The Morgan fingerprint density at radius 1 is 0.950 bits per heavy atom. The maximum atomic E-state index is 13.7. The maximum Gasteiger partial charge on any atom is 0.256 e. The third kappa shape index (κ3) is 2.84. The van der Waals surface area contributed by atoms with Crippen LogP contribution in [0.2, 0.25) is 17.1 Å². The van der Waals surface area contributed by atoms with Gasteiger partial charge in [0, 0.05) is 0 Å². The zero-order valence-corrected chi connectivity index (χ0v) is 13.3. The van der Waals surface area contributed by atoms with E-state index in [1.807, 2.05) is 34.6 Å². The first-order valence-electron chi connectivity index (χ1n) is 6.61. The fourth-order valence-electron chi connectivity index (χ4n) is 2.57. The predicted octanol–water partition coefficient (Wildman–Crippen LogP) is 5.21. The first kappa shape index (κ1) is 17.0. The number of halogens is 4. The lowest BCUT2D eigenvalue weighted by molar-refractivity contribution is 0.377. The van der Waals surface area contributed by atoms with E-state index >= 15 is 0 Å². The molecule has 0 fully saturated rings. The van der Waals surface area contributed by atoms with Gasteiger partial charge in [0.2, 0.25) is 11.6 Å². The Hall–Kier alpha value is -1.04. The lowest BCUT2D eigenvalue weighted by Crippen LogP contribution is -2.47. The fraction of sp³-hybridized carbons (Fsp3) is 0.571. The summed E-state index contributed by atoms with van der Waals surface area (Å²) in [7, 11) is -2.60. The zero-order chi connectivity index (χ0) is 15.7. The molecule has 0 saturated carbocycles. The smallest absolute Gasteiger partial charge is 0.256 e. The van der Waals surface area contributed by atoms with E-state index < -0.39 is 37.3 Å². The van der Waals surface area contributed by atoms with Crippen LogP contribution in [0.1, 0.15) is 34.6 Å². The van der Waals surface area contributed by atoms with E-state index in [-0.39, 0.29) is 11.1 Å². The molecule has 0 saturated heterocycles. The highest BCUT2D eigenvalue weighted by Crippen LogP contribution is 2.39. The Morgan fingerprint density at radius 2 is 1.35 bits per heavy atom. The van der Waals surface area contributed by atoms with Crippen LogP contribution in [0.4, 0.5) is 17.6 Å². The lowest BCUT2D eigenvalue weighted by Gasteiger charge is -2.38. The van der Waals surface area contributed by atoms with Gasteiger partial charge in [0.25, 0.3) is 8.32 Å². The summed E-state index contributed by atoms with van der Waals surface area (Å²) in [6.07, 6.45) is 0. The van der Waals surface area contributed by atoms with E-state index in [1.165, 1.54) is 6.07 Å². The number of hydrogen-bond acceptors (Lipinski definition) is 1. The van der Waals surface area contributed by atoms with E-state index in [0.717, 1.165) is 0 Å². The Labute approximate surface area is 118 Å². The van der Waals surface area contributed by atoms with Crippen LogP contribution in [0.15, 0.2) is 0 Å². The minimum Gasteiger partial charge on any atom is -0.539 e. The molecule has 1 nitrogen and oxygen atoms in total. The van der Waals surface area contributed by atoms with Crippen molar-refractivity contribution >= 4 is 8.32 Å². The molecule has 0 aliphatic rings. The molecule has 0 atom stereocenters. The molecule has 0 amide bonds. The first-order valence-corrected chi connectivity index (χ1v) is 8.88. The highest BCUT2D eigenvalue weighted by Gasteiger charge is 2.44. The van der Waals surface area contributed by atoms with E-state index in [9.17, 15) is 17.6 Å². The molecular weight excluding hydrogens is 288 g/mol. The second-order valence-corrected chi connectivity index (χ2v) is 10.6. The van der Waals surface area contributed by atoms with Gasteiger partial charge >= 0.3 is 0 Å². The van der Waals surface area contributed by atoms with Crippen molar-refractivity contribution in [2.24, 2.45) is 0 Å². The number of benzene rings is 1. The molecule has 6 heteroatoms. The van der Waals surface area contributed by atoms with Gasteiger partial charge < -0.3 is 4.43 Å². The quantitative estimate of drug-likeness (QED) is 0.412. The summed E-state index contributed by atoms with van der Waals surface area (Å²) in [6.45, 7) is 9.45. The van der Waals surface area contributed by atoms with Crippen LogP contribution >= 0.6 is 0 Å². The molecule has 0 aliphatic heterocycles. The van der Waals surface area contributed by atoms with Crippen molar-refractivity contribution in [3.63, 3.8) is 0 Å². The summed E-state index contributed by atoms with van der Waals surface area (Å²) in [5.74, 6) is -7.11. The number of hydrogen-bond donors (Lipinski definition) is 0. The highest BCUT2D eigenvalue weighted by atomic mass is 28.4. The SMILES string of the molecule is CC[Si](Oc1c(F)c(F)[c]c(F)c1F)(C(C)C)C(C)C. The normalized spacial score (nSPS) is 12.3. The molecule has 1 aromatic carbocycles. The Morgan fingerprint density at radius 3 is 1.65 bits per heavy atom. The van der Waals surface area contributed by atoms with Gasteiger partial charge in [0.15, 0.2) is 17.4 Å². The monoisotopic (exact) mass is 307 g/mol. The van der Waals surface area contributed by atoms with Crippen molar-refractivity contribution < 1.29 is 22.0 Å². The summed E-state index contributed by atoms with van der Waals surface area (Å²) in [6, 6.07) is 1.95. The van der Waals surface area contributed by atoms with E-state index in [0.29, 0.717) is 6.04 Å². The van der Waals surface area contributed by atoms with Crippen molar-refractivity contribution in [1.29, 1.82) is 0 Å². The van der Waals surface area contributed by atoms with E-state index in [4.69, 9.17) is 4.43 Å². The molecule has 0 aliphatic carbocycles. The standard InChI is InChI=1S/C14H19F4OSi/c1-6-20(8(2)3,9(4)5)19-14-12(17)10(15)7-11(16)13(14)18/h8-9H,6H2,1-5H3. The molecular formula is C14H19F4OSi. The van der Waals surface area contributed by atoms with Gasteiger partial charge in [-0.1, -0.05) is 34.6 Å².